The summed E-state index contributed by atoms with van der Waals surface area (Å²) >= 11 is 0. The second-order valence-corrected chi connectivity index (χ2v) is 6.61. The molecule has 2 rings (SSSR count). The largest absolute Gasteiger partial charge is 0.496 e. The highest BCUT2D eigenvalue weighted by Crippen LogP contribution is 2.32. The van der Waals surface area contributed by atoms with E-state index in [9.17, 15) is 0 Å². The molecule has 1 unspecified atom stereocenters. The first kappa shape index (κ1) is 16.3. The van der Waals surface area contributed by atoms with Crippen molar-refractivity contribution in [2.24, 2.45) is 0 Å². The van der Waals surface area contributed by atoms with Gasteiger partial charge in [-0.2, -0.15) is 0 Å². The number of rotatable bonds is 7. The van der Waals surface area contributed by atoms with Gasteiger partial charge in [0.2, 0.25) is 0 Å². The average molecular weight is 290 g/mol. The Kier molecular flexibility index (Phi) is 5.65. The van der Waals surface area contributed by atoms with Gasteiger partial charge in [0.1, 0.15) is 5.75 Å². The molecule has 118 valence electrons. The third-order valence-electron chi connectivity index (χ3n) is 4.63. The zero-order valence-electron chi connectivity index (χ0n) is 14.0. The Hall–Kier alpha value is -1.06. The van der Waals surface area contributed by atoms with E-state index in [1.807, 2.05) is 6.07 Å². The van der Waals surface area contributed by atoms with Gasteiger partial charge >= 0.3 is 0 Å². The second-order valence-electron chi connectivity index (χ2n) is 6.61. The fourth-order valence-corrected chi connectivity index (χ4v) is 3.27. The number of nitrogens with zero attached hydrogens (tertiary/aromatic N) is 1. The Balaban J connectivity index is 2.18. The zero-order valence-corrected chi connectivity index (χ0v) is 14.0. The van der Waals surface area contributed by atoms with Crippen LogP contribution in [0.5, 0.6) is 5.75 Å². The van der Waals surface area contributed by atoms with Crippen LogP contribution in [-0.4, -0.2) is 37.2 Å². The summed E-state index contributed by atoms with van der Waals surface area (Å²) in [7, 11) is 1.76. The van der Waals surface area contributed by atoms with E-state index in [4.69, 9.17) is 4.74 Å². The first-order chi connectivity index (χ1) is 10.1. The monoisotopic (exact) mass is 290 g/mol. The third-order valence-corrected chi connectivity index (χ3v) is 4.63. The Morgan fingerprint density at radius 3 is 2.71 bits per heavy atom. The fourth-order valence-electron chi connectivity index (χ4n) is 3.27. The van der Waals surface area contributed by atoms with Crippen molar-refractivity contribution in [1.82, 2.24) is 10.2 Å². The third kappa shape index (κ3) is 3.98. The Labute approximate surface area is 129 Å². The van der Waals surface area contributed by atoms with E-state index in [2.05, 4.69) is 49.2 Å². The molecule has 0 aliphatic carbocycles. The summed E-state index contributed by atoms with van der Waals surface area (Å²) in [6.45, 7) is 10.2. The van der Waals surface area contributed by atoms with Crippen LogP contribution >= 0.6 is 0 Å². The molecule has 3 heteroatoms. The predicted molar refractivity (Wildman–Crippen MR) is 88.9 cm³/mol. The van der Waals surface area contributed by atoms with Crippen molar-refractivity contribution in [3.63, 3.8) is 0 Å². The predicted octanol–water partition coefficient (Wildman–Crippen LogP) is 3.61. The van der Waals surface area contributed by atoms with E-state index in [0.717, 1.165) is 25.3 Å². The number of ether oxygens (including phenoxy) is 1. The van der Waals surface area contributed by atoms with E-state index in [0.29, 0.717) is 11.6 Å². The normalized spacial score (nSPS) is 19.6. The topological polar surface area (TPSA) is 24.5 Å². The van der Waals surface area contributed by atoms with Gasteiger partial charge in [0.15, 0.2) is 0 Å². The summed E-state index contributed by atoms with van der Waals surface area (Å²) in [6.07, 6.45) is 3.74. The van der Waals surface area contributed by atoms with Gasteiger partial charge < -0.3 is 10.1 Å². The zero-order chi connectivity index (χ0) is 15.3. The van der Waals surface area contributed by atoms with E-state index >= 15 is 0 Å². The van der Waals surface area contributed by atoms with E-state index in [-0.39, 0.29) is 0 Å². The van der Waals surface area contributed by atoms with Gasteiger partial charge in [-0.15, -0.1) is 0 Å². The van der Waals surface area contributed by atoms with Crippen molar-refractivity contribution in [3.8, 4) is 5.75 Å². The van der Waals surface area contributed by atoms with Gasteiger partial charge in [-0.25, -0.2) is 0 Å². The van der Waals surface area contributed by atoms with Gasteiger partial charge in [0, 0.05) is 23.7 Å². The molecule has 1 aliphatic rings. The van der Waals surface area contributed by atoms with Crippen LogP contribution in [0.3, 0.4) is 0 Å². The molecular formula is C18H30N2O. The van der Waals surface area contributed by atoms with Crippen molar-refractivity contribution in [3.05, 3.63) is 29.8 Å². The summed E-state index contributed by atoms with van der Waals surface area (Å²) < 4.78 is 5.56. The lowest BCUT2D eigenvalue weighted by molar-refractivity contribution is 0.155. The number of methoxy groups -OCH3 is 1. The molecule has 1 saturated heterocycles. The van der Waals surface area contributed by atoms with Gasteiger partial charge in [0.25, 0.3) is 0 Å². The maximum Gasteiger partial charge on any atom is 0.123 e. The van der Waals surface area contributed by atoms with Crippen LogP contribution in [-0.2, 0) is 0 Å². The molecule has 21 heavy (non-hydrogen) atoms. The first-order valence-electron chi connectivity index (χ1n) is 8.20. The number of hydrogen-bond donors (Lipinski definition) is 1. The molecule has 0 amide bonds. The summed E-state index contributed by atoms with van der Waals surface area (Å²) in [4.78, 5) is 2.62. The lowest BCUT2D eigenvalue weighted by Crippen LogP contribution is -2.43. The molecule has 1 N–H and O–H groups in total. The first-order valence-corrected chi connectivity index (χ1v) is 8.20. The molecule has 0 saturated carbocycles. The lowest BCUT2D eigenvalue weighted by Gasteiger charge is -2.35. The second kappa shape index (κ2) is 7.28. The molecule has 0 spiro atoms. The van der Waals surface area contributed by atoms with Crippen LogP contribution in [0.2, 0.25) is 0 Å². The summed E-state index contributed by atoms with van der Waals surface area (Å²) in [6, 6.07) is 8.73. The number of benzene rings is 1. The molecule has 1 aromatic rings. The summed E-state index contributed by atoms with van der Waals surface area (Å²) in [5, 5.41) is 3.70. The van der Waals surface area contributed by atoms with Crippen LogP contribution in [0.1, 0.15) is 51.6 Å². The number of nitrogens with one attached hydrogen (secondary N) is 1. The van der Waals surface area contributed by atoms with Crippen molar-refractivity contribution in [1.29, 1.82) is 0 Å². The van der Waals surface area contributed by atoms with Gasteiger partial charge in [-0.3, -0.25) is 4.90 Å². The molecule has 0 radical (unpaired) electrons. The smallest absolute Gasteiger partial charge is 0.123 e. The Morgan fingerprint density at radius 1 is 1.33 bits per heavy atom. The minimum Gasteiger partial charge on any atom is -0.496 e. The highest BCUT2D eigenvalue weighted by molar-refractivity contribution is 5.36. The van der Waals surface area contributed by atoms with Gasteiger partial charge in [-0.05, 0) is 52.3 Å². The van der Waals surface area contributed by atoms with Gasteiger partial charge in [0.05, 0.1) is 7.11 Å². The van der Waals surface area contributed by atoms with Crippen LogP contribution in [0.4, 0.5) is 0 Å². The Morgan fingerprint density at radius 2 is 2.10 bits per heavy atom. The van der Waals surface area contributed by atoms with Crippen molar-refractivity contribution in [2.45, 2.75) is 51.6 Å². The quantitative estimate of drug-likeness (QED) is 0.830. The van der Waals surface area contributed by atoms with Crippen LogP contribution in [0.15, 0.2) is 24.3 Å². The summed E-state index contributed by atoms with van der Waals surface area (Å²) in [5.74, 6) is 0.989. The molecular weight excluding hydrogens is 260 g/mol. The number of likely N-dealkylation sites (tertiary alicyclic amines) is 1. The number of hydrogen-bond acceptors (Lipinski definition) is 3. The highest BCUT2D eigenvalue weighted by atomic mass is 16.5. The highest BCUT2D eigenvalue weighted by Gasteiger charge is 2.33. The summed E-state index contributed by atoms with van der Waals surface area (Å²) in [5.41, 5.74) is 1.59. The molecule has 0 aromatic heterocycles. The van der Waals surface area contributed by atoms with Crippen molar-refractivity contribution >= 4 is 0 Å². The standard InChI is InChI=1S/C18H30N2O/c1-5-12-19-16(14-20-13-8-11-18(20,2)3)15-9-6-7-10-17(15)21-4/h6-7,9-10,16,19H,5,8,11-14H2,1-4H3. The van der Waals surface area contributed by atoms with E-state index < -0.39 is 0 Å². The maximum absolute atomic E-state index is 5.56. The molecule has 1 aliphatic heterocycles. The van der Waals surface area contributed by atoms with Crippen molar-refractivity contribution < 1.29 is 4.74 Å². The minimum absolute atomic E-state index is 0.314. The molecule has 1 fully saturated rings. The molecule has 0 bridgehead atoms. The average Bonchev–Trinajstić information content (AvgIpc) is 2.82. The van der Waals surface area contributed by atoms with Crippen LogP contribution in [0, 0.1) is 0 Å². The van der Waals surface area contributed by atoms with Crippen molar-refractivity contribution in [2.75, 3.05) is 26.7 Å². The van der Waals surface area contributed by atoms with Crippen LogP contribution in [0.25, 0.3) is 0 Å². The molecule has 1 heterocycles. The van der Waals surface area contributed by atoms with E-state index in [1.165, 1.54) is 24.9 Å². The fraction of sp³-hybridized carbons (Fsp3) is 0.667. The van der Waals surface area contributed by atoms with E-state index in [1.54, 1.807) is 7.11 Å². The minimum atomic E-state index is 0.314. The molecule has 3 nitrogen and oxygen atoms in total. The number of para-hydroxylation sites is 1. The molecule has 1 aromatic carbocycles. The van der Waals surface area contributed by atoms with Gasteiger partial charge in [-0.1, -0.05) is 25.1 Å². The SMILES string of the molecule is CCCNC(CN1CCCC1(C)C)c1ccccc1OC. The van der Waals surface area contributed by atoms with Crippen LogP contribution < -0.4 is 10.1 Å². The molecule has 1 atom stereocenters. The maximum atomic E-state index is 5.56. The Bertz CT molecular complexity index is 445. The lowest BCUT2D eigenvalue weighted by atomic mass is 9.99.